The van der Waals surface area contributed by atoms with Crippen molar-refractivity contribution in [2.75, 3.05) is 7.11 Å². The van der Waals surface area contributed by atoms with Crippen molar-refractivity contribution in [3.8, 4) is 5.75 Å². The van der Waals surface area contributed by atoms with Crippen molar-refractivity contribution < 1.29 is 27.1 Å². The number of pyridine rings is 2. The molecule has 1 unspecified atom stereocenters. The van der Waals surface area contributed by atoms with Crippen molar-refractivity contribution in [2.45, 2.75) is 32.1 Å². The third-order valence-corrected chi connectivity index (χ3v) is 7.24. The van der Waals surface area contributed by atoms with Crippen molar-refractivity contribution in [2.24, 2.45) is 4.99 Å². The Kier molecular flexibility index (Phi) is 9.02. The fraction of sp³-hybridized carbons (Fsp3) is 0.200. The van der Waals surface area contributed by atoms with Gasteiger partial charge in [-0.1, -0.05) is 12.1 Å². The zero-order valence-corrected chi connectivity index (χ0v) is 24.3. The molecule has 0 saturated carbocycles. The second-order valence-corrected chi connectivity index (χ2v) is 10.4. The molecule has 43 heavy (non-hydrogen) atoms. The summed E-state index contributed by atoms with van der Waals surface area (Å²) in [6.07, 6.45) is -1.08. The Morgan fingerprint density at radius 2 is 1.86 bits per heavy atom. The molecule has 0 bridgehead atoms. The third-order valence-electron chi connectivity index (χ3n) is 6.65. The molecule has 222 valence electrons. The fourth-order valence-corrected chi connectivity index (χ4v) is 4.82. The molecule has 5 rings (SSSR count). The first-order valence-corrected chi connectivity index (χ1v) is 13.7. The quantitative estimate of drug-likeness (QED) is 0.210. The Bertz CT molecular complexity index is 1720. The number of nitrogens with zero attached hydrogens (tertiary/aromatic N) is 5. The maximum absolute atomic E-state index is 14.5. The Balaban J connectivity index is 1.37. The van der Waals surface area contributed by atoms with E-state index < -0.39 is 29.8 Å². The molecule has 1 N–H and O–H groups in total. The second-order valence-electron chi connectivity index (χ2n) is 9.61. The fourth-order valence-electron chi connectivity index (χ4n) is 4.36. The highest BCUT2D eigenvalue weighted by atomic mass is 79.9. The van der Waals surface area contributed by atoms with Crippen LogP contribution < -0.4 is 20.6 Å². The maximum atomic E-state index is 14.5. The van der Waals surface area contributed by atoms with Crippen LogP contribution in [0.1, 0.15) is 32.9 Å². The number of fused-ring (bicyclic) bond motifs is 1. The summed E-state index contributed by atoms with van der Waals surface area (Å²) in [6, 6.07) is 17.3. The lowest BCUT2D eigenvalue weighted by Gasteiger charge is -2.25. The zero-order chi connectivity index (χ0) is 30.6. The van der Waals surface area contributed by atoms with E-state index in [4.69, 9.17) is 9.73 Å². The minimum Gasteiger partial charge on any atom is -0.497 e. The Morgan fingerprint density at radius 3 is 2.53 bits per heavy atom. The van der Waals surface area contributed by atoms with Crippen LogP contribution in [0, 0.1) is 5.82 Å². The molecule has 2 aromatic heterocycles. The summed E-state index contributed by atoms with van der Waals surface area (Å²) in [5.74, 6) is -0.328. The monoisotopic (exact) mass is 656 g/mol. The van der Waals surface area contributed by atoms with Gasteiger partial charge >= 0.3 is 6.18 Å². The highest BCUT2D eigenvalue weighted by molar-refractivity contribution is 9.07. The zero-order valence-electron chi connectivity index (χ0n) is 22.7. The van der Waals surface area contributed by atoms with Crippen LogP contribution in [0.2, 0.25) is 0 Å². The molecule has 1 aliphatic heterocycles. The number of nitrogens with one attached hydrogen (secondary N) is 1. The molecule has 1 atom stereocenters. The van der Waals surface area contributed by atoms with E-state index in [2.05, 4.69) is 31.4 Å². The SMILES string of the molecule is COc1ccc(CNC2N=c3ccc(C(=O)N(Cc4ccc(C(F)(F)F)cn4)Cc4ncccc4F)cc3=CN2Br)cc1. The number of ether oxygens (including phenoxy) is 1. The highest BCUT2D eigenvalue weighted by Gasteiger charge is 2.31. The molecule has 1 amide bonds. The summed E-state index contributed by atoms with van der Waals surface area (Å²) >= 11 is 3.50. The molecule has 0 spiro atoms. The largest absolute Gasteiger partial charge is 0.497 e. The molecule has 1 aliphatic rings. The predicted molar refractivity (Wildman–Crippen MR) is 153 cm³/mol. The van der Waals surface area contributed by atoms with Gasteiger partial charge in [-0.15, -0.1) is 0 Å². The third kappa shape index (κ3) is 7.35. The highest BCUT2D eigenvalue weighted by Crippen LogP contribution is 2.28. The van der Waals surface area contributed by atoms with Gasteiger partial charge in [0, 0.05) is 35.9 Å². The standard InChI is InChI=1S/C30H25BrF4N6O2/c1-43-24-9-4-19(5-10-24)14-38-29-39-26-11-6-20(13-21(26)16-41(29)31)28(42)40(18-27-25(32)3-2-12-36-27)17-23-8-7-22(15-37-23)30(33,34)35/h2-13,15-16,29,38H,14,17-18H2,1H3. The number of carbonyl (C=O) groups is 1. The van der Waals surface area contributed by atoms with E-state index >= 15 is 0 Å². The Hall–Kier alpha value is -4.36. The number of amides is 1. The number of benzene rings is 2. The van der Waals surface area contributed by atoms with Crippen LogP contribution >= 0.6 is 16.1 Å². The Morgan fingerprint density at radius 1 is 1.07 bits per heavy atom. The van der Waals surface area contributed by atoms with Gasteiger partial charge in [0.05, 0.1) is 58.7 Å². The molecular weight excluding hydrogens is 632 g/mol. The van der Waals surface area contributed by atoms with Crippen LogP contribution in [0.5, 0.6) is 5.75 Å². The normalized spacial score (nSPS) is 14.4. The van der Waals surface area contributed by atoms with Crippen molar-refractivity contribution in [3.63, 3.8) is 0 Å². The van der Waals surface area contributed by atoms with Gasteiger partial charge in [0.25, 0.3) is 5.91 Å². The van der Waals surface area contributed by atoms with E-state index in [-0.39, 0.29) is 30.0 Å². The number of hydrogen-bond acceptors (Lipinski definition) is 7. The number of methoxy groups -OCH3 is 1. The molecule has 3 heterocycles. The van der Waals surface area contributed by atoms with E-state index in [1.165, 1.54) is 29.3 Å². The van der Waals surface area contributed by atoms with Gasteiger partial charge in [-0.05, 0) is 60.2 Å². The maximum Gasteiger partial charge on any atom is 0.417 e. The van der Waals surface area contributed by atoms with Gasteiger partial charge in [0.15, 0.2) is 6.29 Å². The summed E-state index contributed by atoms with van der Waals surface area (Å²) in [7, 11) is 1.61. The molecule has 4 aromatic rings. The van der Waals surface area contributed by atoms with Crippen molar-refractivity contribution >= 4 is 28.3 Å². The first kappa shape index (κ1) is 30.1. The molecule has 13 heteroatoms. The van der Waals surface area contributed by atoms with E-state index in [1.807, 2.05) is 24.3 Å². The van der Waals surface area contributed by atoms with Gasteiger partial charge in [-0.3, -0.25) is 24.0 Å². The molecule has 0 aliphatic carbocycles. The van der Waals surface area contributed by atoms with Crippen LogP contribution in [0.4, 0.5) is 17.6 Å². The smallest absolute Gasteiger partial charge is 0.417 e. The van der Waals surface area contributed by atoms with Crippen LogP contribution in [0.3, 0.4) is 0 Å². The average Bonchev–Trinajstić information content (AvgIpc) is 3.00. The molecule has 0 saturated heterocycles. The van der Waals surface area contributed by atoms with E-state index in [9.17, 15) is 22.4 Å². The molecule has 0 radical (unpaired) electrons. The number of carbonyl (C=O) groups excluding carboxylic acids is 1. The summed E-state index contributed by atoms with van der Waals surface area (Å²) in [5.41, 5.74) is 0.624. The van der Waals surface area contributed by atoms with Gasteiger partial charge in [-0.25, -0.2) is 9.38 Å². The number of rotatable bonds is 9. The molecule has 2 aromatic carbocycles. The lowest BCUT2D eigenvalue weighted by Crippen LogP contribution is -2.45. The lowest BCUT2D eigenvalue weighted by molar-refractivity contribution is -0.137. The number of aromatic nitrogens is 2. The Labute approximate surface area is 252 Å². The lowest BCUT2D eigenvalue weighted by atomic mass is 10.1. The van der Waals surface area contributed by atoms with Crippen molar-refractivity contribution in [1.29, 1.82) is 0 Å². The van der Waals surface area contributed by atoms with Gasteiger partial charge in [0.1, 0.15) is 11.6 Å². The van der Waals surface area contributed by atoms with E-state index in [0.717, 1.165) is 17.4 Å². The van der Waals surface area contributed by atoms with E-state index in [1.54, 1.807) is 35.4 Å². The topological polar surface area (TPSA) is 82.9 Å². The summed E-state index contributed by atoms with van der Waals surface area (Å²) in [5, 5.41) is 4.64. The van der Waals surface area contributed by atoms with Gasteiger partial charge in [-0.2, -0.15) is 13.2 Å². The van der Waals surface area contributed by atoms with Crippen molar-refractivity contribution in [3.05, 3.63) is 124 Å². The second kappa shape index (κ2) is 12.9. The number of hydrogen-bond donors (Lipinski definition) is 1. The minimum absolute atomic E-state index is 0.0136. The summed E-state index contributed by atoms with van der Waals surface area (Å²) in [6.45, 7) is 0.151. The first-order chi connectivity index (χ1) is 20.6. The van der Waals surface area contributed by atoms with Crippen molar-refractivity contribution in [1.82, 2.24) is 24.1 Å². The summed E-state index contributed by atoms with van der Waals surface area (Å²) in [4.78, 5) is 27.6. The molecule has 0 fully saturated rings. The van der Waals surface area contributed by atoms with Crippen LogP contribution in [0.15, 0.2) is 84.1 Å². The minimum atomic E-state index is -4.55. The van der Waals surface area contributed by atoms with Gasteiger partial charge in [0.2, 0.25) is 0 Å². The first-order valence-electron chi connectivity index (χ1n) is 13.0. The van der Waals surface area contributed by atoms with Crippen LogP contribution in [0.25, 0.3) is 6.20 Å². The number of alkyl halides is 3. The molecule has 8 nitrogen and oxygen atoms in total. The predicted octanol–water partition coefficient (Wildman–Crippen LogP) is 4.54. The van der Waals surface area contributed by atoms with E-state index in [0.29, 0.717) is 23.3 Å². The number of halogens is 5. The van der Waals surface area contributed by atoms with Crippen LogP contribution in [-0.4, -0.2) is 38.1 Å². The van der Waals surface area contributed by atoms with Gasteiger partial charge < -0.3 is 9.64 Å². The summed E-state index contributed by atoms with van der Waals surface area (Å²) < 4.78 is 60.4. The average molecular weight is 657 g/mol. The molecular formula is C30H25BrF4N6O2. The van der Waals surface area contributed by atoms with Crippen LogP contribution in [-0.2, 0) is 25.8 Å².